The van der Waals surface area contributed by atoms with Crippen molar-refractivity contribution >= 4 is 27.6 Å². The molecule has 3 fully saturated rings. The number of benzene rings is 2. The number of piperidine rings is 1. The van der Waals surface area contributed by atoms with Gasteiger partial charge >= 0.3 is 6.03 Å². The first-order valence-electron chi connectivity index (χ1n) is 17.6. The minimum atomic E-state index is -4.70. The zero-order chi connectivity index (χ0) is 37.5. The molecule has 0 radical (unpaired) electrons. The first kappa shape index (κ1) is 36.4. The number of fused-ring (bicyclic) bond motifs is 1. The van der Waals surface area contributed by atoms with Gasteiger partial charge in [-0.3, -0.25) is 14.6 Å². The molecule has 280 valence electrons. The molecular weight excluding hydrogens is 703 g/mol. The number of hydrogen-bond acceptors (Lipinski definition) is 12. The lowest BCUT2D eigenvalue weighted by atomic mass is 9.83. The summed E-state index contributed by atoms with van der Waals surface area (Å²) in [6.07, 6.45) is 3.53. The van der Waals surface area contributed by atoms with Crippen LogP contribution in [0.25, 0.3) is 0 Å². The van der Waals surface area contributed by atoms with Crippen LogP contribution in [0, 0.1) is 11.3 Å². The Morgan fingerprint density at radius 3 is 2.42 bits per heavy atom. The molecule has 1 aromatic heterocycles. The Bertz CT molecular complexity index is 2040. The fourth-order valence-electron chi connectivity index (χ4n) is 7.98. The van der Waals surface area contributed by atoms with Gasteiger partial charge in [-0.1, -0.05) is 6.92 Å². The number of likely N-dealkylation sites (N-methyl/N-ethyl adjacent to an activating group) is 1. The van der Waals surface area contributed by atoms with E-state index in [1.807, 2.05) is 0 Å². The van der Waals surface area contributed by atoms with Crippen LogP contribution in [0.2, 0.25) is 0 Å². The molecule has 4 aliphatic heterocycles. The van der Waals surface area contributed by atoms with E-state index in [0.29, 0.717) is 35.2 Å². The quantitative estimate of drug-likeness (QED) is 0.305. The molecule has 3 aromatic rings. The zero-order valence-corrected chi connectivity index (χ0v) is 31.0. The SMILES string of the molecule is CCN(C1CCN(C2CN(C(=O)N[C@@]3(c4cccnc4OC)C(=O)N(S(=O)(=O)c4ccc(OC)cc4OC)c4ccc(C#N)cc43)C2)CC1)C1COC1. The highest BCUT2D eigenvalue weighted by Gasteiger charge is 2.59. The third-order valence-corrected chi connectivity index (χ3v) is 12.6. The van der Waals surface area contributed by atoms with Gasteiger partial charge in [-0.15, -0.1) is 0 Å². The number of methoxy groups -OCH3 is 3. The Hall–Kier alpha value is -4.95. The van der Waals surface area contributed by atoms with Gasteiger partial charge in [0.05, 0.1) is 63.5 Å². The molecule has 53 heavy (non-hydrogen) atoms. The van der Waals surface area contributed by atoms with Crippen LogP contribution in [0.1, 0.15) is 36.5 Å². The molecule has 0 spiro atoms. The van der Waals surface area contributed by atoms with E-state index in [0.717, 1.165) is 45.7 Å². The maximum absolute atomic E-state index is 15.1. The summed E-state index contributed by atoms with van der Waals surface area (Å²) in [6.45, 7) is 7.44. The van der Waals surface area contributed by atoms with E-state index in [1.165, 1.54) is 63.9 Å². The Morgan fingerprint density at radius 1 is 1.04 bits per heavy atom. The van der Waals surface area contributed by atoms with E-state index in [4.69, 9.17) is 18.9 Å². The molecule has 0 unspecified atom stereocenters. The summed E-state index contributed by atoms with van der Waals surface area (Å²) in [5.74, 6) is -0.715. The molecule has 16 heteroatoms. The van der Waals surface area contributed by atoms with Crippen molar-refractivity contribution in [3.63, 3.8) is 0 Å². The summed E-state index contributed by atoms with van der Waals surface area (Å²) >= 11 is 0. The van der Waals surface area contributed by atoms with E-state index in [-0.39, 0.29) is 44.9 Å². The topological polar surface area (TPSA) is 167 Å². The summed E-state index contributed by atoms with van der Waals surface area (Å²) in [4.78, 5) is 40.0. The van der Waals surface area contributed by atoms with Crippen LogP contribution in [-0.4, -0.2) is 125 Å². The average molecular weight is 746 g/mol. The maximum Gasteiger partial charge on any atom is 0.318 e. The molecule has 15 nitrogen and oxygen atoms in total. The number of ether oxygens (including phenoxy) is 4. The van der Waals surface area contributed by atoms with E-state index < -0.39 is 27.5 Å². The third kappa shape index (κ3) is 6.11. The largest absolute Gasteiger partial charge is 0.497 e. The smallest absolute Gasteiger partial charge is 0.318 e. The molecule has 0 aliphatic carbocycles. The molecule has 5 heterocycles. The second-order valence-electron chi connectivity index (χ2n) is 13.5. The van der Waals surface area contributed by atoms with Crippen LogP contribution in [0.4, 0.5) is 10.5 Å². The van der Waals surface area contributed by atoms with Gasteiger partial charge < -0.3 is 29.2 Å². The minimum Gasteiger partial charge on any atom is -0.497 e. The van der Waals surface area contributed by atoms with Crippen LogP contribution in [-0.2, 0) is 25.1 Å². The number of hydrogen-bond donors (Lipinski definition) is 1. The summed E-state index contributed by atoms with van der Waals surface area (Å²) in [5, 5.41) is 12.9. The highest BCUT2D eigenvalue weighted by molar-refractivity contribution is 7.93. The van der Waals surface area contributed by atoms with Gasteiger partial charge in [0.15, 0.2) is 5.54 Å². The van der Waals surface area contributed by atoms with Gasteiger partial charge in [0.25, 0.3) is 15.9 Å². The molecule has 2 aromatic carbocycles. The predicted molar refractivity (Wildman–Crippen MR) is 192 cm³/mol. The number of amides is 3. The number of nitriles is 1. The Kier molecular flexibility index (Phi) is 9.94. The first-order valence-corrected chi connectivity index (χ1v) is 19.1. The van der Waals surface area contributed by atoms with Gasteiger partial charge in [0.2, 0.25) is 5.88 Å². The number of urea groups is 1. The van der Waals surface area contributed by atoms with Crippen LogP contribution in [0.5, 0.6) is 17.4 Å². The van der Waals surface area contributed by atoms with Crippen LogP contribution >= 0.6 is 0 Å². The summed E-state index contributed by atoms with van der Waals surface area (Å²) in [7, 11) is -0.585. The van der Waals surface area contributed by atoms with Crippen LogP contribution in [0.3, 0.4) is 0 Å². The average Bonchev–Trinajstić information content (AvgIpc) is 3.39. The Balaban J connectivity index is 1.21. The van der Waals surface area contributed by atoms with Crippen molar-refractivity contribution in [2.75, 3.05) is 71.6 Å². The van der Waals surface area contributed by atoms with E-state index in [2.05, 4.69) is 33.1 Å². The van der Waals surface area contributed by atoms with Gasteiger partial charge in [0.1, 0.15) is 16.4 Å². The molecule has 3 amide bonds. The Morgan fingerprint density at radius 2 is 1.79 bits per heavy atom. The number of likely N-dealkylation sites (tertiary alicyclic amines) is 2. The molecule has 1 atom stereocenters. The zero-order valence-electron chi connectivity index (χ0n) is 30.1. The van der Waals surface area contributed by atoms with Gasteiger partial charge in [-0.05, 0) is 61.9 Å². The fourth-order valence-corrected chi connectivity index (χ4v) is 9.58. The number of aromatic nitrogens is 1. The predicted octanol–water partition coefficient (Wildman–Crippen LogP) is 2.54. The number of nitrogens with one attached hydrogen (secondary N) is 1. The van der Waals surface area contributed by atoms with E-state index in [9.17, 15) is 18.5 Å². The van der Waals surface area contributed by atoms with Crippen molar-refractivity contribution in [2.45, 2.75) is 48.3 Å². The molecule has 0 saturated carbocycles. The number of pyridine rings is 1. The first-order chi connectivity index (χ1) is 25.6. The van der Waals surface area contributed by atoms with Gasteiger partial charge in [0, 0.05) is 56.1 Å². The molecular formula is C37H43N7O8S. The molecule has 1 N–H and O–H groups in total. The minimum absolute atomic E-state index is 0.00493. The number of carbonyl (C=O) groups excluding carboxylic acids is 2. The second-order valence-corrected chi connectivity index (χ2v) is 15.3. The van der Waals surface area contributed by atoms with Gasteiger partial charge in [-0.2, -0.15) is 9.57 Å². The van der Waals surface area contributed by atoms with Crippen molar-refractivity contribution in [1.29, 1.82) is 5.26 Å². The monoisotopic (exact) mass is 745 g/mol. The summed E-state index contributed by atoms with van der Waals surface area (Å²) in [5.41, 5.74) is -1.86. The number of carbonyl (C=O) groups is 2. The highest BCUT2D eigenvalue weighted by Crippen LogP contribution is 2.50. The van der Waals surface area contributed by atoms with Crippen molar-refractivity contribution in [1.82, 2.24) is 25.0 Å². The highest BCUT2D eigenvalue weighted by atomic mass is 32.2. The van der Waals surface area contributed by atoms with Crippen LogP contribution in [0.15, 0.2) is 59.6 Å². The fraction of sp³-hybridized carbons (Fsp3) is 0.459. The van der Waals surface area contributed by atoms with Crippen molar-refractivity contribution in [3.05, 3.63) is 71.4 Å². The van der Waals surface area contributed by atoms with Crippen molar-refractivity contribution < 1.29 is 37.0 Å². The lowest BCUT2D eigenvalue weighted by molar-refractivity contribution is -0.121. The molecule has 3 saturated heterocycles. The summed E-state index contributed by atoms with van der Waals surface area (Å²) in [6, 6.07) is 14.1. The second kappa shape index (κ2) is 14.5. The third-order valence-electron chi connectivity index (χ3n) is 10.9. The number of sulfonamides is 1. The number of rotatable bonds is 11. The Labute approximate surface area is 309 Å². The van der Waals surface area contributed by atoms with E-state index in [1.54, 1.807) is 17.0 Å². The van der Waals surface area contributed by atoms with Crippen LogP contribution < -0.4 is 23.8 Å². The lowest BCUT2D eigenvalue weighted by Crippen LogP contribution is -2.67. The normalized spacial score (nSPS) is 21.1. The molecule has 0 bridgehead atoms. The lowest BCUT2D eigenvalue weighted by Gasteiger charge is -2.50. The maximum atomic E-state index is 15.1. The molecule has 7 rings (SSSR count). The summed E-state index contributed by atoms with van der Waals surface area (Å²) < 4.78 is 51.6. The number of nitrogens with zero attached hydrogens (tertiary/aromatic N) is 6. The number of anilines is 1. The van der Waals surface area contributed by atoms with Crippen molar-refractivity contribution in [3.8, 4) is 23.4 Å². The molecule has 4 aliphatic rings. The van der Waals surface area contributed by atoms with Crippen molar-refractivity contribution in [2.24, 2.45) is 0 Å². The standard InChI is InChI=1S/C37H43N7O8S/c1-5-43(27-22-52-23-27)25-12-15-41(16-13-25)26-20-42(21-26)36(46)40-37(29-7-6-14-39-34(29)51-4)30-17-24(19-38)8-10-31(30)44(35(37)45)53(47,48)33-11-9-28(49-2)18-32(33)50-3/h6-11,14,17-18,25-27H,5,12-13,15-16,20-23H2,1-4H3,(H,40,46)/t37-/m1/s1. The van der Waals surface area contributed by atoms with E-state index >= 15 is 4.79 Å². The van der Waals surface area contributed by atoms with Gasteiger partial charge in [-0.25, -0.2) is 18.2 Å².